The molecule has 1 unspecified atom stereocenters. The van der Waals surface area contributed by atoms with Crippen LogP contribution in [0.15, 0.2) is 40.5 Å². The van der Waals surface area contributed by atoms with Gasteiger partial charge in [-0.3, -0.25) is 14.6 Å². The highest BCUT2D eigenvalue weighted by Gasteiger charge is 2.43. The van der Waals surface area contributed by atoms with Crippen LogP contribution in [0.1, 0.15) is 51.5 Å². The summed E-state index contributed by atoms with van der Waals surface area (Å²) in [6.45, 7) is 5.43. The number of esters is 1. The fourth-order valence-electron chi connectivity index (χ4n) is 3.66. The number of phenols is 1. The molecule has 5 nitrogen and oxygen atoms in total. The number of hydrogen-bond acceptors (Lipinski definition) is 5. The first-order chi connectivity index (χ1) is 11.9. The smallest absolute Gasteiger partial charge is 0.315 e. The Labute approximate surface area is 147 Å². The number of rotatable bonds is 3. The molecule has 2 aliphatic rings. The lowest BCUT2D eigenvalue weighted by molar-refractivity contribution is -0.150. The van der Waals surface area contributed by atoms with Gasteiger partial charge in [-0.1, -0.05) is 12.1 Å². The molecule has 1 aromatic carbocycles. The predicted molar refractivity (Wildman–Crippen MR) is 94.6 cm³/mol. The maximum absolute atomic E-state index is 12.8. The van der Waals surface area contributed by atoms with E-state index in [1.165, 1.54) is 0 Å². The number of phenolic OH excluding ortho intramolecular Hbond substituents is 1. The summed E-state index contributed by atoms with van der Waals surface area (Å²) < 4.78 is 5.45. The van der Waals surface area contributed by atoms with Gasteiger partial charge in [-0.05, 0) is 51.3 Å². The van der Waals surface area contributed by atoms with Crippen LogP contribution in [0.2, 0.25) is 0 Å². The molecule has 132 valence electrons. The summed E-state index contributed by atoms with van der Waals surface area (Å²) in [6.07, 6.45) is 1.78. The van der Waals surface area contributed by atoms with Gasteiger partial charge in [0.15, 0.2) is 5.78 Å². The fraction of sp³-hybridized carbons (Fsp3) is 0.450. The Hall–Kier alpha value is -2.43. The summed E-state index contributed by atoms with van der Waals surface area (Å²) in [5.41, 5.74) is 2.92. The summed E-state index contributed by atoms with van der Waals surface area (Å²) in [6, 6.07) is 6.69. The first kappa shape index (κ1) is 17.4. The number of carbonyl (C=O) groups excluding carboxylic acids is 2. The third kappa shape index (κ3) is 3.36. The van der Waals surface area contributed by atoms with E-state index in [0.717, 1.165) is 24.1 Å². The fourth-order valence-corrected chi connectivity index (χ4v) is 3.66. The largest absolute Gasteiger partial charge is 0.508 e. The van der Waals surface area contributed by atoms with Crippen molar-refractivity contribution < 1.29 is 19.4 Å². The van der Waals surface area contributed by atoms with Crippen LogP contribution in [-0.4, -0.2) is 28.7 Å². The summed E-state index contributed by atoms with van der Waals surface area (Å²) in [7, 11) is 0. The van der Waals surface area contributed by atoms with Crippen molar-refractivity contribution in [1.29, 1.82) is 0 Å². The minimum absolute atomic E-state index is 0.0536. The van der Waals surface area contributed by atoms with Crippen molar-refractivity contribution >= 4 is 17.5 Å². The van der Waals surface area contributed by atoms with E-state index < -0.39 is 11.8 Å². The van der Waals surface area contributed by atoms with Crippen LogP contribution in [0, 0.1) is 5.92 Å². The Balaban J connectivity index is 2.12. The van der Waals surface area contributed by atoms with Gasteiger partial charge in [0.25, 0.3) is 0 Å². The summed E-state index contributed by atoms with van der Waals surface area (Å²) in [5.74, 6) is -1.19. The second-order valence-corrected chi connectivity index (χ2v) is 6.92. The molecule has 1 heterocycles. The van der Waals surface area contributed by atoms with Crippen LogP contribution < -0.4 is 0 Å². The normalized spacial score (nSPS) is 23.4. The first-order valence-corrected chi connectivity index (χ1v) is 8.69. The SMILES string of the molecule is CC1=NC2=C(C(=O)CCC2)[C@@H](c2ccc(O)cc2)C1C(=O)OC(C)C. The summed E-state index contributed by atoms with van der Waals surface area (Å²) >= 11 is 0. The molecule has 0 spiro atoms. The molecule has 1 aliphatic carbocycles. The van der Waals surface area contributed by atoms with E-state index in [-0.39, 0.29) is 23.6 Å². The molecule has 0 fully saturated rings. The van der Waals surface area contributed by atoms with Crippen LogP contribution in [0.4, 0.5) is 0 Å². The van der Waals surface area contributed by atoms with E-state index in [2.05, 4.69) is 4.99 Å². The highest BCUT2D eigenvalue weighted by molar-refractivity contribution is 6.08. The number of aromatic hydroxyl groups is 1. The zero-order valence-electron chi connectivity index (χ0n) is 14.8. The molecule has 0 amide bonds. The molecule has 0 saturated carbocycles. The lowest BCUT2D eigenvalue weighted by Crippen LogP contribution is -2.38. The molecule has 5 heteroatoms. The monoisotopic (exact) mass is 341 g/mol. The average molecular weight is 341 g/mol. The lowest BCUT2D eigenvalue weighted by atomic mass is 9.72. The van der Waals surface area contributed by atoms with Gasteiger partial charge in [0.2, 0.25) is 0 Å². The molecule has 0 bridgehead atoms. The Bertz CT molecular complexity index is 758. The topological polar surface area (TPSA) is 76.0 Å². The number of benzene rings is 1. The Morgan fingerprint density at radius 3 is 2.56 bits per heavy atom. The highest BCUT2D eigenvalue weighted by Crippen LogP contribution is 2.43. The van der Waals surface area contributed by atoms with Crippen molar-refractivity contribution in [1.82, 2.24) is 0 Å². The van der Waals surface area contributed by atoms with Gasteiger partial charge < -0.3 is 9.84 Å². The molecular formula is C20H23NO4. The number of Topliss-reactive ketones (excluding diaryl/α,β-unsaturated/α-hetero) is 1. The number of ketones is 1. The molecule has 0 saturated heterocycles. The number of allylic oxidation sites excluding steroid dienone is 2. The van der Waals surface area contributed by atoms with Crippen LogP contribution in [0.25, 0.3) is 0 Å². The van der Waals surface area contributed by atoms with E-state index in [1.807, 2.05) is 6.92 Å². The molecule has 25 heavy (non-hydrogen) atoms. The van der Waals surface area contributed by atoms with Crippen molar-refractivity contribution in [3.8, 4) is 5.75 Å². The zero-order valence-corrected chi connectivity index (χ0v) is 14.8. The lowest BCUT2D eigenvalue weighted by Gasteiger charge is -2.34. The molecule has 1 aromatic rings. The van der Waals surface area contributed by atoms with Gasteiger partial charge in [0.1, 0.15) is 11.7 Å². The first-order valence-electron chi connectivity index (χ1n) is 8.69. The number of ether oxygens (including phenoxy) is 1. The predicted octanol–water partition coefficient (Wildman–Crippen LogP) is 3.53. The maximum atomic E-state index is 12.8. The minimum atomic E-state index is -0.618. The molecule has 1 aliphatic heterocycles. The maximum Gasteiger partial charge on any atom is 0.315 e. The second-order valence-electron chi connectivity index (χ2n) is 6.92. The molecule has 2 atom stereocenters. The molecular weight excluding hydrogens is 318 g/mol. The van der Waals surface area contributed by atoms with E-state index in [0.29, 0.717) is 17.7 Å². The van der Waals surface area contributed by atoms with Gasteiger partial charge in [-0.15, -0.1) is 0 Å². The minimum Gasteiger partial charge on any atom is -0.508 e. The highest BCUT2D eigenvalue weighted by atomic mass is 16.5. The van der Waals surface area contributed by atoms with E-state index >= 15 is 0 Å². The Morgan fingerprint density at radius 2 is 1.92 bits per heavy atom. The van der Waals surface area contributed by atoms with Crippen molar-refractivity contribution in [3.63, 3.8) is 0 Å². The van der Waals surface area contributed by atoms with Gasteiger partial charge >= 0.3 is 5.97 Å². The van der Waals surface area contributed by atoms with E-state index in [1.54, 1.807) is 38.1 Å². The standard InChI is InChI=1S/C20H23NO4/c1-11(2)25-20(24)17-12(3)21-15-5-4-6-16(23)19(15)18(17)13-7-9-14(22)10-8-13/h7-11,17-18,22H,4-6H2,1-3H3/t17?,18-/m0/s1. The Morgan fingerprint density at radius 1 is 1.24 bits per heavy atom. The van der Waals surface area contributed by atoms with E-state index in [4.69, 9.17) is 4.74 Å². The molecule has 0 aromatic heterocycles. The third-order valence-corrected chi connectivity index (χ3v) is 4.69. The van der Waals surface area contributed by atoms with Gasteiger partial charge in [0, 0.05) is 29.3 Å². The van der Waals surface area contributed by atoms with E-state index in [9.17, 15) is 14.7 Å². The zero-order chi connectivity index (χ0) is 18.1. The number of hydrogen-bond donors (Lipinski definition) is 1. The Kier molecular flexibility index (Phi) is 4.75. The molecule has 3 rings (SSSR count). The number of aliphatic imine (C=N–C) groups is 1. The van der Waals surface area contributed by atoms with Crippen molar-refractivity contribution in [2.75, 3.05) is 0 Å². The summed E-state index contributed by atoms with van der Waals surface area (Å²) in [5, 5.41) is 9.59. The molecule has 0 radical (unpaired) electrons. The van der Waals surface area contributed by atoms with Crippen LogP contribution in [-0.2, 0) is 14.3 Å². The van der Waals surface area contributed by atoms with Gasteiger partial charge in [0.05, 0.1) is 6.10 Å². The van der Waals surface area contributed by atoms with Crippen molar-refractivity contribution in [2.45, 2.75) is 52.1 Å². The van der Waals surface area contributed by atoms with Gasteiger partial charge in [-0.2, -0.15) is 0 Å². The van der Waals surface area contributed by atoms with Crippen molar-refractivity contribution in [3.05, 3.63) is 41.1 Å². The summed E-state index contributed by atoms with van der Waals surface area (Å²) in [4.78, 5) is 30.0. The second kappa shape index (κ2) is 6.82. The molecule has 1 N–H and O–H groups in total. The van der Waals surface area contributed by atoms with Crippen LogP contribution >= 0.6 is 0 Å². The number of carbonyl (C=O) groups is 2. The quantitative estimate of drug-likeness (QED) is 0.854. The van der Waals surface area contributed by atoms with Gasteiger partial charge in [-0.25, -0.2) is 0 Å². The third-order valence-electron chi connectivity index (χ3n) is 4.69. The van der Waals surface area contributed by atoms with Crippen molar-refractivity contribution in [2.24, 2.45) is 10.9 Å². The van der Waals surface area contributed by atoms with Crippen LogP contribution in [0.5, 0.6) is 5.75 Å². The average Bonchev–Trinajstić information content (AvgIpc) is 2.53. The number of nitrogens with zero attached hydrogens (tertiary/aromatic N) is 1. The van der Waals surface area contributed by atoms with Crippen LogP contribution in [0.3, 0.4) is 0 Å².